The average molecular weight is 416 g/mol. The zero-order chi connectivity index (χ0) is 19.7. The molecule has 28 heavy (non-hydrogen) atoms. The van der Waals surface area contributed by atoms with E-state index in [-0.39, 0.29) is 4.70 Å². The molecule has 0 radical (unpaired) electrons. The highest BCUT2D eigenvalue weighted by Gasteiger charge is 2.47. The Morgan fingerprint density at radius 2 is 1.64 bits per heavy atom. The topological polar surface area (TPSA) is 35.9 Å². The number of halogens is 2. The molecule has 0 spiro atoms. The fraction of sp³-hybridized carbons (Fsp3) is 0.238. The molecule has 2 aromatic rings. The van der Waals surface area contributed by atoms with E-state index < -0.39 is 0 Å². The van der Waals surface area contributed by atoms with Crippen LogP contribution in [-0.2, 0) is 4.79 Å². The Hall–Kier alpha value is -2.18. The van der Waals surface area contributed by atoms with Gasteiger partial charge in [-0.25, -0.2) is 0 Å². The highest BCUT2D eigenvalue weighted by atomic mass is 35.5. The van der Waals surface area contributed by atoms with E-state index in [2.05, 4.69) is 9.91 Å². The fourth-order valence-electron chi connectivity index (χ4n) is 3.92. The fourth-order valence-corrected chi connectivity index (χ4v) is 4.44. The summed E-state index contributed by atoms with van der Waals surface area (Å²) in [6, 6.07) is 15.6. The van der Waals surface area contributed by atoms with Gasteiger partial charge in [0.2, 0.25) is 12.0 Å². The van der Waals surface area contributed by atoms with Crippen LogP contribution in [0.1, 0.15) is 6.92 Å². The molecule has 144 valence electrons. The number of aldehydes is 1. The van der Waals surface area contributed by atoms with Crippen LogP contribution in [0.2, 0.25) is 10.0 Å². The molecule has 1 fully saturated rings. The monoisotopic (exact) mass is 415 g/mol. The molecule has 7 heteroatoms. The predicted octanol–water partition coefficient (Wildman–Crippen LogP) is 4.51. The number of rotatable bonds is 4. The molecule has 2 aromatic carbocycles. The Morgan fingerprint density at radius 1 is 1.00 bits per heavy atom. The molecule has 0 N–H and O–H groups in total. The van der Waals surface area contributed by atoms with Crippen LogP contribution in [-0.4, -0.2) is 43.2 Å². The van der Waals surface area contributed by atoms with Gasteiger partial charge in [-0.15, -0.1) is 5.01 Å². The van der Waals surface area contributed by atoms with Crippen molar-refractivity contribution in [3.63, 3.8) is 0 Å². The first-order valence-electron chi connectivity index (χ1n) is 9.18. The summed E-state index contributed by atoms with van der Waals surface area (Å²) in [5, 5.41) is 8.38. The quantitative estimate of drug-likeness (QED) is 0.544. The number of anilines is 1. The number of piperazine rings is 1. The lowest BCUT2D eigenvalue weighted by molar-refractivity contribution is -0.108. The standard InChI is InChI=1S/C21H21Cl2N4O/c1-16-11-21(15-28)27(24-16,20-5-3-2-4-6-20)26-9-7-25(8-10-26)19-13-17(22)12-18(23)14-19/h2-6,11-15H,7-10H2,1H3/q+1. The van der Waals surface area contributed by atoms with Crippen LogP contribution in [0, 0.1) is 0 Å². The first-order chi connectivity index (χ1) is 13.5. The van der Waals surface area contributed by atoms with Gasteiger partial charge in [0, 0.05) is 47.0 Å². The second-order valence-corrected chi connectivity index (χ2v) is 7.81. The van der Waals surface area contributed by atoms with Crippen LogP contribution >= 0.6 is 23.2 Å². The number of benzene rings is 2. The number of hydrogen-bond acceptors (Lipinski definition) is 4. The number of nitrogens with zero attached hydrogens (tertiary/aromatic N) is 4. The van der Waals surface area contributed by atoms with Crippen molar-refractivity contribution in [1.29, 1.82) is 0 Å². The van der Waals surface area contributed by atoms with Gasteiger partial charge >= 0.3 is 0 Å². The number of hydrogen-bond donors (Lipinski definition) is 0. The summed E-state index contributed by atoms with van der Waals surface area (Å²) in [6.07, 6.45) is 2.78. The molecular weight excluding hydrogens is 395 g/mol. The lowest BCUT2D eigenvalue weighted by Gasteiger charge is -2.43. The number of carbonyl (C=O) groups excluding carboxylic acids is 1. The van der Waals surface area contributed by atoms with Crippen molar-refractivity contribution < 1.29 is 4.79 Å². The highest BCUT2D eigenvalue weighted by molar-refractivity contribution is 6.35. The minimum Gasteiger partial charge on any atom is -0.368 e. The normalized spacial score (nSPS) is 22.8. The van der Waals surface area contributed by atoms with Crippen molar-refractivity contribution in [3.8, 4) is 0 Å². The van der Waals surface area contributed by atoms with Gasteiger partial charge in [-0.1, -0.05) is 51.2 Å². The third-order valence-corrected chi connectivity index (χ3v) is 5.57. The van der Waals surface area contributed by atoms with Crippen molar-refractivity contribution in [2.24, 2.45) is 5.10 Å². The molecule has 0 saturated carbocycles. The van der Waals surface area contributed by atoms with E-state index in [0.29, 0.717) is 15.7 Å². The van der Waals surface area contributed by atoms with Crippen molar-refractivity contribution in [3.05, 3.63) is 70.3 Å². The Kier molecular flexibility index (Phi) is 5.25. The first kappa shape index (κ1) is 19.2. The predicted molar refractivity (Wildman–Crippen MR) is 116 cm³/mol. The summed E-state index contributed by atoms with van der Waals surface area (Å²) >= 11 is 12.3. The Bertz CT molecular complexity index is 932. The molecule has 0 aliphatic carbocycles. The summed E-state index contributed by atoms with van der Waals surface area (Å²) in [6.45, 7) is 4.97. The van der Waals surface area contributed by atoms with E-state index in [1.54, 1.807) is 6.07 Å². The van der Waals surface area contributed by atoms with Crippen molar-refractivity contribution in [2.75, 3.05) is 31.1 Å². The molecule has 5 nitrogen and oxygen atoms in total. The summed E-state index contributed by atoms with van der Waals surface area (Å²) < 4.78 is 0.0975. The second-order valence-electron chi connectivity index (χ2n) is 6.93. The molecule has 2 heterocycles. The molecule has 0 amide bonds. The summed E-state index contributed by atoms with van der Waals surface area (Å²) in [5.41, 5.74) is 3.44. The van der Waals surface area contributed by atoms with Crippen LogP contribution in [0.5, 0.6) is 0 Å². The van der Waals surface area contributed by atoms with E-state index in [1.165, 1.54) is 0 Å². The Balaban J connectivity index is 1.64. The highest BCUT2D eigenvalue weighted by Crippen LogP contribution is 2.36. The second kappa shape index (κ2) is 7.68. The first-order valence-corrected chi connectivity index (χ1v) is 9.94. The van der Waals surface area contributed by atoms with Crippen LogP contribution < -0.4 is 9.60 Å². The number of carbonyl (C=O) groups is 1. The molecule has 1 saturated heterocycles. The molecule has 1 unspecified atom stereocenters. The number of allylic oxidation sites excluding steroid dienone is 2. The van der Waals surface area contributed by atoms with Crippen molar-refractivity contribution >= 4 is 46.6 Å². The molecule has 1 atom stereocenters. The third-order valence-electron chi connectivity index (χ3n) is 5.13. The van der Waals surface area contributed by atoms with Gasteiger partial charge in [0.15, 0.2) is 5.69 Å². The molecule has 4 rings (SSSR count). The minimum absolute atomic E-state index is 0.0975. The SMILES string of the molecule is CC1=N[N+](c2ccccc2)(N2CCN(c3cc(Cl)cc(Cl)c3)CC2)C(C=O)=C1. The van der Waals surface area contributed by atoms with Gasteiger partial charge in [-0.05, 0) is 25.1 Å². The van der Waals surface area contributed by atoms with Gasteiger partial charge in [-0.3, -0.25) is 4.79 Å². The third kappa shape index (κ3) is 3.35. The Morgan fingerprint density at radius 3 is 2.25 bits per heavy atom. The van der Waals surface area contributed by atoms with E-state index in [0.717, 1.165) is 49.6 Å². The van der Waals surface area contributed by atoms with Crippen molar-refractivity contribution in [2.45, 2.75) is 6.92 Å². The van der Waals surface area contributed by atoms with Gasteiger partial charge in [-0.2, -0.15) is 0 Å². The zero-order valence-corrected chi connectivity index (χ0v) is 17.1. The van der Waals surface area contributed by atoms with Gasteiger partial charge in [0.1, 0.15) is 5.71 Å². The number of para-hydroxylation sites is 1. The smallest absolute Gasteiger partial charge is 0.226 e. The van der Waals surface area contributed by atoms with E-state index in [1.807, 2.05) is 55.5 Å². The largest absolute Gasteiger partial charge is 0.368 e. The van der Waals surface area contributed by atoms with E-state index in [4.69, 9.17) is 28.3 Å². The maximum absolute atomic E-state index is 11.9. The zero-order valence-electron chi connectivity index (χ0n) is 15.6. The van der Waals surface area contributed by atoms with E-state index in [9.17, 15) is 4.79 Å². The molecule has 0 bridgehead atoms. The van der Waals surface area contributed by atoms with Gasteiger partial charge < -0.3 is 4.90 Å². The maximum atomic E-state index is 11.9. The summed E-state index contributed by atoms with van der Waals surface area (Å²) in [5.74, 6) is 0. The molecule has 2 aliphatic rings. The minimum atomic E-state index is 0.0975. The van der Waals surface area contributed by atoms with Crippen LogP contribution in [0.25, 0.3) is 0 Å². The van der Waals surface area contributed by atoms with Gasteiger partial charge in [0.25, 0.3) is 0 Å². The van der Waals surface area contributed by atoms with Crippen LogP contribution in [0.4, 0.5) is 11.4 Å². The molecule has 0 aromatic heterocycles. The van der Waals surface area contributed by atoms with Gasteiger partial charge in [0.05, 0.1) is 13.1 Å². The van der Waals surface area contributed by atoms with Crippen LogP contribution in [0.3, 0.4) is 0 Å². The van der Waals surface area contributed by atoms with Crippen LogP contribution in [0.15, 0.2) is 65.4 Å². The lowest BCUT2D eigenvalue weighted by Crippen LogP contribution is -2.62. The lowest BCUT2D eigenvalue weighted by atomic mass is 10.2. The molecule has 2 aliphatic heterocycles. The molecular formula is C21H21Cl2N4O+. The Labute approximate surface area is 174 Å². The summed E-state index contributed by atoms with van der Waals surface area (Å²) in [4.78, 5) is 14.2. The maximum Gasteiger partial charge on any atom is 0.226 e. The number of quaternary nitrogens is 1. The van der Waals surface area contributed by atoms with Crippen molar-refractivity contribution in [1.82, 2.24) is 9.71 Å². The summed E-state index contributed by atoms with van der Waals surface area (Å²) in [7, 11) is 0. The average Bonchev–Trinajstić information content (AvgIpc) is 3.05. The van der Waals surface area contributed by atoms with E-state index >= 15 is 0 Å².